The molecule has 0 fully saturated rings. The molecule has 0 atom stereocenters. The van der Waals surface area contributed by atoms with Crippen LogP contribution in [-0.4, -0.2) is 25.5 Å². The van der Waals surface area contributed by atoms with Crippen LogP contribution in [-0.2, 0) is 11.2 Å². The highest BCUT2D eigenvalue weighted by atomic mass is 19.1. The third-order valence-corrected chi connectivity index (χ3v) is 4.24. The topological polar surface area (TPSA) is 46.6 Å². The van der Waals surface area contributed by atoms with Crippen molar-refractivity contribution in [3.05, 3.63) is 64.5 Å². The Morgan fingerprint density at radius 1 is 1.12 bits per heavy atom. The fraction of sp³-hybridized carbons (Fsp3) is 0.263. The summed E-state index contributed by atoms with van der Waals surface area (Å²) in [6.07, 6.45) is 1.56. The number of anilines is 1. The van der Waals surface area contributed by atoms with E-state index in [0.717, 1.165) is 29.7 Å². The van der Waals surface area contributed by atoms with Crippen LogP contribution in [0.4, 0.5) is 10.1 Å². The normalized spacial score (nSPS) is 13.4. The van der Waals surface area contributed by atoms with Crippen LogP contribution in [0.1, 0.15) is 38.3 Å². The first-order valence-corrected chi connectivity index (χ1v) is 7.80. The molecule has 0 radical (unpaired) electrons. The molecule has 0 N–H and O–H groups in total. The van der Waals surface area contributed by atoms with Crippen molar-refractivity contribution in [2.45, 2.75) is 19.8 Å². The molecule has 4 nitrogen and oxygen atoms in total. The number of hydrogen-bond donors (Lipinski definition) is 0. The van der Waals surface area contributed by atoms with E-state index < -0.39 is 5.97 Å². The SMILES string of the molecule is COC(=O)c1ccc(C(=O)N2CCCc3cc(F)cc(C)c32)cc1. The molecule has 0 saturated heterocycles. The van der Waals surface area contributed by atoms with Gasteiger partial charge in [0.15, 0.2) is 0 Å². The summed E-state index contributed by atoms with van der Waals surface area (Å²) in [6.45, 7) is 2.41. The molecule has 1 aliphatic heterocycles. The highest BCUT2D eigenvalue weighted by Crippen LogP contribution is 2.32. The van der Waals surface area contributed by atoms with Gasteiger partial charge >= 0.3 is 5.97 Å². The number of halogens is 1. The summed E-state index contributed by atoms with van der Waals surface area (Å²) in [5.74, 6) is -0.867. The lowest BCUT2D eigenvalue weighted by Gasteiger charge is -2.31. The molecule has 24 heavy (non-hydrogen) atoms. The minimum absolute atomic E-state index is 0.151. The van der Waals surface area contributed by atoms with Crippen LogP contribution in [0.25, 0.3) is 0 Å². The number of methoxy groups -OCH3 is 1. The second kappa shape index (κ2) is 6.43. The van der Waals surface area contributed by atoms with Gasteiger partial charge in [-0.2, -0.15) is 0 Å². The van der Waals surface area contributed by atoms with Crippen molar-refractivity contribution in [2.24, 2.45) is 0 Å². The standard InChI is InChI=1S/C19H18FNO3/c1-12-10-16(20)11-15-4-3-9-21(17(12)15)18(22)13-5-7-14(8-6-13)19(23)24-2/h5-8,10-11H,3-4,9H2,1-2H3. The van der Waals surface area contributed by atoms with Gasteiger partial charge in [-0.25, -0.2) is 9.18 Å². The van der Waals surface area contributed by atoms with Gasteiger partial charge < -0.3 is 9.64 Å². The van der Waals surface area contributed by atoms with Crippen LogP contribution in [0.15, 0.2) is 36.4 Å². The van der Waals surface area contributed by atoms with E-state index in [0.29, 0.717) is 17.7 Å². The van der Waals surface area contributed by atoms with Crippen molar-refractivity contribution in [3.63, 3.8) is 0 Å². The lowest BCUT2D eigenvalue weighted by molar-refractivity contribution is 0.0600. The predicted molar refractivity (Wildman–Crippen MR) is 88.9 cm³/mol. The van der Waals surface area contributed by atoms with Gasteiger partial charge in [0.25, 0.3) is 5.91 Å². The maximum absolute atomic E-state index is 13.6. The van der Waals surface area contributed by atoms with Gasteiger partial charge in [0, 0.05) is 12.1 Å². The summed E-state index contributed by atoms with van der Waals surface area (Å²) in [5.41, 5.74) is 3.29. The molecule has 2 aromatic carbocycles. The van der Waals surface area contributed by atoms with Crippen molar-refractivity contribution in [3.8, 4) is 0 Å². The quantitative estimate of drug-likeness (QED) is 0.793. The van der Waals surface area contributed by atoms with Crippen molar-refractivity contribution < 1.29 is 18.7 Å². The smallest absolute Gasteiger partial charge is 0.337 e. The van der Waals surface area contributed by atoms with Crippen molar-refractivity contribution in [1.82, 2.24) is 0 Å². The van der Waals surface area contributed by atoms with Gasteiger partial charge in [-0.15, -0.1) is 0 Å². The average Bonchev–Trinajstić information content (AvgIpc) is 2.59. The average molecular weight is 327 g/mol. The number of esters is 1. The molecular weight excluding hydrogens is 309 g/mol. The first-order chi connectivity index (χ1) is 11.5. The number of aryl methyl sites for hydroxylation is 2. The monoisotopic (exact) mass is 327 g/mol. The summed E-state index contributed by atoms with van der Waals surface area (Å²) in [4.78, 5) is 26.0. The van der Waals surface area contributed by atoms with E-state index in [4.69, 9.17) is 0 Å². The van der Waals surface area contributed by atoms with E-state index in [-0.39, 0.29) is 11.7 Å². The van der Waals surface area contributed by atoms with Crippen molar-refractivity contribution in [1.29, 1.82) is 0 Å². The highest BCUT2D eigenvalue weighted by molar-refractivity contribution is 6.07. The second-order valence-corrected chi connectivity index (χ2v) is 5.86. The zero-order valence-corrected chi connectivity index (χ0v) is 13.6. The summed E-state index contributed by atoms with van der Waals surface area (Å²) < 4.78 is 18.3. The van der Waals surface area contributed by atoms with E-state index in [9.17, 15) is 14.0 Å². The Morgan fingerprint density at radius 2 is 1.79 bits per heavy atom. The maximum atomic E-state index is 13.6. The molecule has 0 aliphatic carbocycles. The third-order valence-electron chi connectivity index (χ3n) is 4.24. The van der Waals surface area contributed by atoms with Crippen LogP contribution in [0, 0.1) is 12.7 Å². The number of benzene rings is 2. The Labute approximate surface area is 139 Å². The number of amides is 1. The molecule has 3 rings (SSSR count). The molecule has 0 aromatic heterocycles. The lowest BCUT2D eigenvalue weighted by atomic mass is 9.97. The van der Waals surface area contributed by atoms with Crippen LogP contribution in [0.2, 0.25) is 0 Å². The molecule has 0 bridgehead atoms. The van der Waals surface area contributed by atoms with Crippen LogP contribution >= 0.6 is 0 Å². The Kier molecular flexibility index (Phi) is 4.34. The fourth-order valence-corrected chi connectivity index (χ4v) is 3.15. The molecule has 1 aliphatic rings. The zero-order valence-electron chi connectivity index (χ0n) is 13.6. The Morgan fingerprint density at radius 3 is 2.46 bits per heavy atom. The number of hydrogen-bond acceptors (Lipinski definition) is 3. The Hall–Kier alpha value is -2.69. The highest BCUT2D eigenvalue weighted by Gasteiger charge is 2.26. The summed E-state index contributed by atoms with van der Waals surface area (Å²) in [5, 5.41) is 0. The number of fused-ring (bicyclic) bond motifs is 1. The molecule has 0 unspecified atom stereocenters. The van der Waals surface area contributed by atoms with E-state index in [1.54, 1.807) is 29.2 Å². The molecule has 1 amide bonds. The van der Waals surface area contributed by atoms with Crippen molar-refractivity contribution in [2.75, 3.05) is 18.6 Å². The van der Waals surface area contributed by atoms with Gasteiger partial charge in [-0.3, -0.25) is 4.79 Å². The van der Waals surface area contributed by atoms with Gasteiger partial charge in [0.2, 0.25) is 0 Å². The minimum Gasteiger partial charge on any atom is -0.465 e. The fourth-order valence-electron chi connectivity index (χ4n) is 3.15. The molecule has 1 heterocycles. The summed E-state index contributed by atoms with van der Waals surface area (Å²) in [7, 11) is 1.31. The van der Waals surface area contributed by atoms with Crippen LogP contribution in [0.5, 0.6) is 0 Å². The number of rotatable bonds is 2. The number of carbonyl (C=O) groups is 2. The minimum atomic E-state index is -0.441. The van der Waals surface area contributed by atoms with E-state index in [2.05, 4.69) is 4.74 Å². The van der Waals surface area contributed by atoms with Gasteiger partial charge in [-0.1, -0.05) is 0 Å². The number of ether oxygens (including phenoxy) is 1. The lowest BCUT2D eigenvalue weighted by Crippen LogP contribution is -2.36. The molecular formula is C19H18FNO3. The summed E-state index contributed by atoms with van der Waals surface area (Å²) in [6, 6.07) is 9.32. The molecule has 0 saturated carbocycles. The van der Waals surface area contributed by atoms with E-state index in [1.807, 2.05) is 6.92 Å². The predicted octanol–water partition coefficient (Wildman–Crippen LogP) is 3.51. The summed E-state index contributed by atoms with van der Waals surface area (Å²) >= 11 is 0. The second-order valence-electron chi connectivity index (χ2n) is 5.86. The molecule has 5 heteroatoms. The van der Waals surface area contributed by atoms with E-state index in [1.165, 1.54) is 19.2 Å². The number of nitrogens with zero attached hydrogens (tertiary/aromatic N) is 1. The first-order valence-electron chi connectivity index (χ1n) is 7.80. The zero-order chi connectivity index (χ0) is 17.3. The molecule has 0 spiro atoms. The van der Waals surface area contributed by atoms with Gasteiger partial charge in [-0.05, 0) is 67.3 Å². The van der Waals surface area contributed by atoms with Crippen molar-refractivity contribution >= 4 is 17.6 Å². The maximum Gasteiger partial charge on any atom is 0.337 e. The Balaban J connectivity index is 1.93. The number of carbonyl (C=O) groups excluding carboxylic acids is 2. The molecule has 124 valence electrons. The van der Waals surface area contributed by atoms with Crippen LogP contribution in [0.3, 0.4) is 0 Å². The van der Waals surface area contributed by atoms with E-state index >= 15 is 0 Å². The van der Waals surface area contributed by atoms with Gasteiger partial charge in [0.05, 0.1) is 18.4 Å². The largest absolute Gasteiger partial charge is 0.465 e. The Bertz CT molecular complexity index is 799. The van der Waals surface area contributed by atoms with Crippen LogP contribution < -0.4 is 4.90 Å². The molecule has 2 aromatic rings. The third kappa shape index (κ3) is 2.89. The first kappa shape index (κ1) is 16.2. The van der Waals surface area contributed by atoms with Gasteiger partial charge in [0.1, 0.15) is 5.82 Å².